The van der Waals surface area contributed by atoms with Gasteiger partial charge in [-0.25, -0.2) is 9.36 Å². The number of benzene rings is 2. The van der Waals surface area contributed by atoms with Crippen molar-refractivity contribution in [1.29, 1.82) is 0 Å². The second kappa shape index (κ2) is 11.6. The van der Waals surface area contributed by atoms with E-state index in [1.165, 1.54) is 53.7 Å². The number of nitrogens with one attached hydrogen (secondary N) is 1. The summed E-state index contributed by atoms with van der Waals surface area (Å²) in [6.07, 6.45) is 3.02. The molecule has 0 bridgehead atoms. The standard InChI is InChI=1S/C32H35N3O7S2/c1-32(2,3)41-31(37)35-25-9-8-20(18-34-11-6-5-7-12-34)14-21(25)15-26(35)23-16-27(40-4)29(24-17-33-30(36)28(23)24)42-44(38,39)22-10-13-43-19-22/h8-10,13-16,19H,5-7,11-12,17-18H2,1-4H3,(H,33,36). The Bertz CT molecular complexity index is 1850. The second-order valence-electron chi connectivity index (χ2n) is 12.1. The molecule has 2 aliphatic heterocycles. The van der Waals surface area contributed by atoms with Gasteiger partial charge in [0, 0.05) is 35.0 Å². The molecule has 6 rings (SSSR count). The molecule has 10 nitrogen and oxygen atoms in total. The van der Waals surface area contributed by atoms with Crippen LogP contribution in [0, 0.1) is 0 Å². The SMILES string of the molecule is COc1cc(-c2cc3cc(CN4CCCCC4)ccc3n2C(=O)OC(C)(C)C)c2c(c1OS(=O)(=O)c1ccsc1)CNC2=O. The summed E-state index contributed by atoms with van der Waals surface area (Å²) in [6.45, 7) is 8.32. The zero-order valence-corrected chi connectivity index (χ0v) is 26.8. The molecular formula is C32H35N3O7S2. The summed E-state index contributed by atoms with van der Waals surface area (Å²) < 4.78 is 44.7. The lowest BCUT2D eigenvalue weighted by Crippen LogP contribution is -2.29. The minimum atomic E-state index is -4.19. The summed E-state index contributed by atoms with van der Waals surface area (Å²) in [4.78, 5) is 29.5. The van der Waals surface area contributed by atoms with E-state index in [0.717, 1.165) is 30.6 Å². The van der Waals surface area contributed by atoms with Gasteiger partial charge in [0.1, 0.15) is 10.5 Å². The van der Waals surface area contributed by atoms with Crippen molar-refractivity contribution in [3.05, 3.63) is 63.8 Å². The van der Waals surface area contributed by atoms with Gasteiger partial charge in [0.05, 0.1) is 23.9 Å². The zero-order valence-electron chi connectivity index (χ0n) is 25.1. The average Bonchev–Trinajstić information content (AvgIpc) is 3.72. The molecule has 4 heterocycles. The van der Waals surface area contributed by atoms with Crippen molar-refractivity contribution in [1.82, 2.24) is 14.8 Å². The van der Waals surface area contributed by atoms with Crippen molar-refractivity contribution in [2.24, 2.45) is 0 Å². The topological polar surface area (TPSA) is 116 Å². The minimum absolute atomic E-state index is 0.00470. The summed E-state index contributed by atoms with van der Waals surface area (Å²) in [6, 6.07) is 10.9. The third kappa shape index (κ3) is 5.81. The monoisotopic (exact) mass is 637 g/mol. The molecule has 2 aromatic heterocycles. The van der Waals surface area contributed by atoms with Gasteiger partial charge in [-0.1, -0.05) is 12.5 Å². The normalized spacial score (nSPS) is 15.7. The number of carbonyl (C=O) groups is 2. The quantitative estimate of drug-likeness (QED) is 0.240. The predicted octanol–water partition coefficient (Wildman–Crippen LogP) is 6.16. The van der Waals surface area contributed by atoms with Crippen molar-refractivity contribution in [3.8, 4) is 22.8 Å². The molecule has 44 heavy (non-hydrogen) atoms. The fourth-order valence-electron chi connectivity index (χ4n) is 5.82. The highest BCUT2D eigenvalue weighted by Gasteiger charge is 2.35. The van der Waals surface area contributed by atoms with Crippen LogP contribution >= 0.6 is 11.3 Å². The van der Waals surface area contributed by atoms with Crippen molar-refractivity contribution in [2.75, 3.05) is 20.2 Å². The van der Waals surface area contributed by atoms with Gasteiger partial charge in [-0.05, 0) is 88.0 Å². The number of nitrogens with zero attached hydrogens (tertiary/aromatic N) is 2. The fraction of sp³-hybridized carbons (Fsp3) is 0.375. The molecule has 0 atom stereocenters. The van der Waals surface area contributed by atoms with Gasteiger partial charge >= 0.3 is 16.2 Å². The largest absolute Gasteiger partial charge is 0.493 e. The molecule has 0 spiro atoms. The van der Waals surface area contributed by atoms with Crippen molar-refractivity contribution < 1.29 is 31.7 Å². The van der Waals surface area contributed by atoms with Crippen LogP contribution in [0.3, 0.4) is 0 Å². The first-order valence-electron chi connectivity index (χ1n) is 14.5. The summed E-state index contributed by atoms with van der Waals surface area (Å²) in [5, 5.41) is 6.71. The number of fused-ring (bicyclic) bond motifs is 2. The molecule has 4 aromatic rings. The van der Waals surface area contributed by atoms with Crippen LogP contribution in [0.4, 0.5) is 4.79 Å². The number of aromatic nitrogens is 1. The molecule has 0 unspecified atom stereocenters. The van der Waals surface area contributed by atoms with Crippen LogP contribution < -0.4 is 14.2 Å². The Morgan fingerprint density at radius 1 is 1.07 bits per heavy atom. The molecule has 2 aliphatic rings. The Morgan fingerprint density at radius 2 is 1.84 bits per heavy atom. The molecule has 232 valence electrons. The van der Waals surface area contributed by atoms with Crippen molar-refractivity contribution in [2.45, 2.75) is 63.6 Å². The molecule has 1 amide bonds. The number of hydrogen-bond donors (Lipinski definition) is 1. The van der Waals surface area contributed by atoms with E-state index >= 15 is 0 Å². The molecule has 1 N–H and O–H groups in total. The summed E-state index contributed by atoms with van der Waals surface area (Å²) in [5.74, 6) is -0.373. The highest BCUT2D eigenvalue weighted by molar-refractivity contribution is 7.87. The van der Waals surface area contributed by atoms with Gasteiger partial charge in [-0.15, -0.1) is 0 Å². The molecular weight excluding hydrogens is 603 g/mol. The zero-order chi connectivity index (χ0) is 31.2. The molecule has 2 aromatic carbocycles. The molecule has 1 fully saturated rings. The van der Waals surface area contributed by atoms with E-state index < -0.39 is 27.7 Å². The Balaban J connectivity index is 1.52. The van der Waals surface area contributed by atoms with Crippen LogP contribution in [0.25, 0.3) is 22.2 Å². The van der Waals surface area contributed by atoms with E-state index in [1.54, 1.807) is 32.2 Å². The Morgan fingerprint density at radius 3 is 2.52 bits per heavy atom. The van der Waals surface area contributed by atoms with Crippen LogP contribution in [0.1, 0.15) is 61.5 Å². The highest BCUT2D eigenvalue weighted by Crippen LogP contribution is 2.45. The van der Waals surface area contributed by atoms with Crippen LogP contribution in [0.5, 0.6) is 11.5 Å². The number of ether oxygens (including phenoxy) is 2. The number of rotatable bonds is 7. The molecule has 0 radical (unpaired) electrons. The third-order valence-corrected chi connectivity index (χ3v) is 9.82. The van der Waals surface area contributed by atoms with Gasteiger partial charge in [-0.3, -0.25) is 9.69 Å². The summed E-state index contributed by atoms with van der Waals surface area (Å²) in [5.41, 5.74) is 2.33. The molecule has 12 heteroatoms. The summed E-state index contributed by atoms with van der Waals surface area (Å²) >= 11 is 1.23. The first-order valence-corrected chi connectivity index (χ1v) is 16.9. The van der Waals surface area contributed by atoms with Crippen molar-refractivity contribution >= 4 is 44.4 Å². The number of carbonyl (C=O) groups excluding carboxylic acids is 2. The molecule has 0 aliphatic carbocycles. The number of amides is 1. The number of piperidine rings is 1. The van der Waals surface area contributed by atoms with Gasteiger partial charge in [0.2, 0.25) is 0 Å². The van der Waals surface area contributed by atoms with E-state index in [2.05, 4.69) is 16.3 Å². The number of likely N-dealkylation sites (tertiary alicyclic amines) is 1. The fourth-order valence-corrected chi connectivity index (χ4v) is 7.79. The molecule has 1 saturated heterocycles. The minimum Gasteiger partial charge on any atom is -0.493 e. The number of methoxy groups -OCH3 is 1. The smallest absolute Gasteiger partial charge is 0.419 e. The van der Waals surface area contributed by atoms with E-state index in [0.29, 0.717) is 22.3 Å². The van der Waals surface area contributed by atoms with E-state index in [9.17, 15) is 18.0 Å². The maximum atomic E-state index is 13.8. The van der Waals surface area contributed by atoms with Gasteiger partial charge < -0.3 is 19.0 Å². The lowest BCUT2D eigenvalue weighted by molar-refractivity contribution is 0.0546. The first-order chi connectivity index (χ1) is 20.9. The average molecular weight is 638 g/mol. The van der Waals surface area contributed by atoms with Gasteiger partial charge in [0.15, 0.2) is 11.5 Å². The first kappa shape index (κ1) is 30.2. The highest BCUT2D eigenvalue weighted by atomic mass is 32.2. The Labute approximate surface area is 260 Å². The Hall–Kier alpha value is -3.87. The van der Waals surface area contributed by atoms with Crippen LogP contribution in [0.15, 0.2) is 52.1 Å². The second-order valence-corrected chi connectivity index (χ2v) is 14.4. The predicted molar refractivity (Wildman–Crippen MR) is 168 cm³/mol. The summed E-state index contributed by atoms with van der Waals surface area (Å²) in [7, 11) is -2.79. The van der Waals surface area contributed by atoms with E-state index in [1.807, 2.05) is 18.2 Å². The molecule has 0 saturated carbocycles. The maximum absolute atomic E-state index is 13.8. The van der Waals surface area contributed by atoms with Crippen LogP contribution in [-0.2, 0) is 27.9 Å². The number of thiophene rings is 1. The number of hydrogen-bond acceptors (Lipinski definition) is 9. The van der Waals surface area contributed by atoms with Crippen LogP contribution in [0.2, 0.25) is 0 Å². The van der Waals surface area contributed by atoms with Crippen molar-refractivity contribution in [3.63, 3.8) is 0 Å². The van der Waals surface area contributed by atoms with Crippen LogP contribution in [-0.4, -0.2) is 55.7 Å². The lowest BCUT2D eigenvalue weighted by atomic mass is 9.98. The Kier molecular flexibility index (Phi) is 7.93. The van der Waals surface area contributed by atoms with Gasteiger partial charge in [-0.2, -0.15) is 19.8 Å². The maximum Gasteiger partial charge on any atom is 0.419 e. The third-order valence-electron chi connectivity index (χ3n) is 7.77. The lowest BCUT2D eigenvalue weighted by Gasteiger charge is -2.26. The van der Waals surface area contributed by atoms with Gasteiger partial charge in [0.25, 0.3) is 5.91 Å². The van der Waals surface area contributed by atoms with E-state index in [4.69, 9.17) is 13.7 Å². The van der Waals surface area contributed by atoms with E-state index in [-0.39, 0.29) is 28.5 Å².